The van der Waals surface area contributed by atoms with Crippen molar-refractivity contribution in [2.45, 2.75) is 19.3 Å². The van der Waals surface area contributed by atoms with E-state index in [9.17, 15) is 0 Å². The van der Waals surface area contributed by atoms with E-state index in [2.05, 4.69) is 22.6 Å². The molecule has 0 aromatic heterocycles. The van der Waals surface area contributed by atoms with Crippen LogP contribution in [0.1, 0.15) is 19.3 Å². The quantitative estimate of drug-likeness (QED) is 0.209. The number of rotatable bonds is 4. The Morgan fingerprint density at radius 2 is 1.67 bits per heavy atom. The first-order valence-electron chi connectivity index (χ1n) is 2.53. The molecule has 0 aromatic carbocycles. The first-order chi connectivity index (χ1) is 3.41. The summed E-state index contributed by atoms with van der Waals surface area (Å²) in [7, 11) is 0. The third-order valence-electron chi connectivity index (χ3n) is 0.767. The van der Waals surface area contributed by atoms with Gasteiger partial charge in [0, 0.05) is 5.88 Å². The van der Waals surface area contributed by atoms with E-state index in [-0.39, 0.29) is 53.5 Å². The fourth-order valence-corrected chi connectivity index (χ4v) is 1.09. The van der Waals surface area contributed by atoms with E-state index in [1.54, 1.807) is 0 Å². The number of hydrogen-bond acceptors (Lipinski definition) is 0. The fraction of sp³-hybridized carbons (Fsp3) is 1.00. The van der Waals surface area contributed by atoms with Crippen LogP contribution in [0.25, 0.3) is 0 Å². The van der Waals surface area contributed by atoms with Gasteiger partial charge in [0.2, 0.25) is 0 Å². The average Bonchev–Trinajstić information content (AvgIpc) is 1.69. The van der Waals surface area contributed by atoms with Gasteiger partial charge < -0.3 is 24.0 Å². The van der Waals surface area contributed by atoms with Crippen LogP contribution in [-0.2, 0) is 0 Å². The summed E-state index contributed by atoms with van der Waals surface area (Å²) in [6.07, 6.45) is 3.81. The van der Waals surface area contributed by atoms with Crippen LogP contribution in [0.15, 0.2) is 0 Å². The molecule has 0 nitrogen and oxygen atoms in total. The number of alkyl halides is 2. The summed E-state index contributed by atoms with van der Waals surface area (Å²) in [6, 6.07) is 0. The van der Waals surface area contributed by atoms with Crippen molar-refractivity contribution in [1.82, 2.24) is 0 Å². The summed E-state index contributed by atoms with van der Waals surface area (Å²) >= 11 is 7.82. The molecule has 0 rings (SSSR count). The van der Waals surface area contributed by atoms with Gasteiger partial charge in [0.15, 0.2) is 0 Å². The Morgan fingerprint density at radius 1 is 1.11 bits per heavy atom. The monoisotopic (exact) mass is 382 g/mol. The van der Waals surface area contributed by atoms with Crippen LogP contribution in [0.4, 0.5) is 0 Å². The molecule has 0 aromatic rings. The summed E-state index contributed by atoms with van der Waals surface area (Å²) in [6.45, 7) is 0. The predicted molar refractivity (Wildman–Crippen MR) is 43.5 cm³/mol. The minimum atomic E-state index is 0. The van der Waals surface area contributed by atoms with Crippen LogP contribution in [0.3, 0.4) is 0 Å². The second-order valence-electron chi connectivity index (χ2n) is 1.44. The molecule has 0 bridgehead atoms. The summed E-state index contributed by atoms with van der Waals surface area (Å²) in [5.74, 6) is 0.830. The van der Waals surface area contributed by atoms with Crippen LogP contribution in [0, 0.1) is 0 Å². The van der Waals surface area contributed by atoms with E-state index in [0.29, 0.717) is 0 Å². The van der Waals surface area contributed by atoms with Crippen molar-refractivity contribution in [3.05, 3.63) is 0 Å². The zero-order valence-electron chi connectivity index (χ0n) is 5.67. The fourth-order valence-electron chi connectivity index (χ4n) is 0.366. The molecule has 0 aliphatic carbocycles. The van der Waals surface area contributed by atoms with Crippen molar-refractivity contribution in [3.63, 3.8) is 0 Å². The van der Waals surface area contributed by atoms with Gasteiger partial charge in [-0.25, -0.2) is 0 Å². The van der Waals surface area contributed by atoms with E-state index in [0.717, 1.165) is 5.88 Å². The Labute approximate surface area is 115 Å². The van der Waals surface area contributed by atoms with Gasteiger partial charge in [0.25, 0.3) is 0 Å². The minimum absolute atomic E-state index is 0. The van der Waals surface area contributed by atoms with Gasteiger partial charge in [-0.2, -0.15) is 0 Å². The minimum Gasteiger partial charge on any atom is -1.00 e. The van der Waals surface area contributed by atoms with Crippen LogP contribution in [0.2, 0.25) is 0 Å². The van der Waals surface area contributed by atoms with Gasteiger partial charge in [-0.15, -0.1) is 11.6 Å². The van der Waals surface area contributed by atoms with Crippen LogP contribution >= 0.6 is 34.2 Å². The van der Waals surface area contributed by atoms with Crippen molar-refractivity contribution >= 4 is 34.2 Å². The van der Waals surface area contributed by atoms with Gasteiger partial charge in [0.1, 0.15) is 0 Å². The molecule has 0 unspecified atom stereocenters. The van der Waals surface area contributed by atoms with Crippen molar-refractivity contribution in [2.75, 3.05) is 10.3 Å². The summed E-state index contributed by atoms with van der Waals surface area (Å²) in [4.78, 5) is 0. The Kier molecular flexibility index (Phi) is 33.5. The maximum atomic E-state index is 5.43. The van der Waals surface area contributed by atoms with Crippen LogP contribution in [-0.4, -0.2) is 10.3 Å². The van der Waals surface area contributed by atoms with Gasteiger partial charge >= 0.3 is 29.6 Å². The number of hydrogen-bond donors (Lipinski definition) is 0. The van der Waals surface area contributed by atoms with E-state index in [1.165, 1.54) is 23.7 Å². The van der Waals surface area contributed by atoms with E-state index >= 15 is 0 Å². The molecule has 0 aliphatic heterocycles. The zero-order chi connectivity index (χ0) is 5.54. The largest absolute Gasteiger partial charge is 1.00 e. The molecule has 0 amide bonds. The third-order valence-corrected chi connectivity index (χ3v) is 1.80. The maximum absolute atomic E-state index is 5.43. The van der Waals surface area contributed by atoms with Crippen molar-refractivity contribution in [1.29, 1.82) is 0 Å². The molecular formula is C5H10ClI2Na. The standard InChI is InChI=1S/C5H10ClI.HI.Na/c6-4-2-1-3-5-7;;/h1-5H2;1H;/q;;+1/p-1. The summed E-state index contributed by atoms with van der Waals surface area (Å²) in [5, 5.41) is 0. The average molecular weight is 382 g/mol. The second-order valence-corrected chi connectivity index (χ2v) is 2.90. The van der Waals surface area contributed by atoms with Gasteiger partial charge in [0.05, 0.1) is 0 Å². The van der Waals surface area contributed by atoms with E-state index < -0.39 is 0 Å². The second kappa shape index (κ2) is 17.0. The molecule has 0 saturated carbocycles. The van der Waals surface area contributed by atoms with E-state index in [4.69, 9.17) is 11.6 Å². The molecule has 0 saturated heterocycles. The Balaban J connectivity index is -0.000000180. The molecular weight excluding hydrogens is 372 g/mol. The Hall–Kier alpha value is 2.75. The third kappa shape index (κ3) is 18.1. The Bertz CT molecular complexity index is 34.1. The topological polar surface area (TPSA) is 0 Å². The molecule has 0 aliphatic rings. The van der Waals surface area contributed by atoms with Gasteiger partial charge in [-0.05, 0) is 17.3 Å². The van der Waals surface area contributed by atoms with Crippen LogP contribution < -0.4 is 53.5 Å². The van der Waals surface area contributed by atoms with Crippen molar-refractivity contribution < 1.29 is 53.5 Å². The molecule has 9 heavy (non-hydrogen) atoms. The molecule has 0 atom stereocenters. The molecule has 4 heteroatoms. The molecule has 0 N–H and O–H groups in total. The SMILES string of the molecule is ClCCCCCI.[I-].[Na+]. The first kappa shape index (κ1) is 17.7. The number of halogens is 3. The van der Waals surface area contributed by atoms with Crippen molar-refractivity contribution in [3.8, 4) is 0 Å². The maximum Gasteiger partial charge on any atom is 1.00 e. The van der Waals surface area contributed by atoms with E-state index in [1.807, 2.05) is 0 Å². The summed E-state index contributed by atoms with van der Waals surface area (Å²) in [5.41, 5.74) is 0. The predicted octanol–water partition coefficient (Wildman–Crippen LogP) is -3.16. The van der Waals surface area contributed by atoms with Crippen LogP contribution in [0.5, 0.6) is 0 Å². The molecule has 0 radical (unpaired) electrons. The van der Waals surface area contributed by atoms with Gasteiger partial charge in [-0.3, -0.25) is 0 Å². The first-order valence-corrected chi connectivity index (χ1v) is 4.59. The zero-order valence-corrected chi connectivity index (χ0v) is 12.7. The molecule has 0 spiro atoms. The normalized spacial score (nSPS) is 7.33. The Morgan fingerprint density at radius 3 is 2.00 bits per heavy atom. The molecule has 0 fully saturated rings. The smallest absolute Gasteiger partial charge is 1.00 e. The van der Waals surface area contributed by atoms with Crippen molar-refractivity contribution in [2.24, 2.45) is 0 Å². The summed E-state index contributed by atoms with van der Waals surface area (Å²) < 4.78 is 1.27. The number of unbranched alkanes of at least 4 members (excludes halogenated alkanes) is 2. The van der Waals surface area contributed by atoms with Gasteiger partial charge in [-0.1, -0.05) is 29.0 Å². The molecule has 0 heterocycles. The molecule has 52 valence electrons.